The first kappa shape index (κ1) is 17.9. The smallest absolute Gasteiger partial charge is 0.321 e. The van der Waals surface area contributed by atoms with Crippen LogP contribution in [0.1, 0.15) is 31.7 Å². The molecule has 0 saturated heterocycles. The Hall–Kier alpha value is -1.18. The fourth-order valence-electron chi connectivity index (χ4n) is 1.76. The van der Waals surface area contributed by atoms with Gasteiger partial charge in [-0.2, -0.15) is 0 Å². The second kappa shape index (κ2) is 7.72. The maximum absolute atomic E-state index is 13.6. The van der Waals surface area contributed by atoms with E-state index in [0.717, 1.165) is 12.5 Å². The van der Waals surface area contributed by atoms with Gasteiger partial charge >= 0.3 is 5.97 Å². The van der Waals surface area contributed by atoms with Gasteiger partial charge in [0.15, 0.2) is 0 Å². The van der Waals surface area contributed by atoms with Crippen molar-refractivity contribution in [3.05, 3.63) is 34.6 Å². The van der Waals surface area contributed by atoms with Crippen molar-refractivity contribution in [1.82, 2.24) is 4.72 Å². The van der Waals surface area contributed by atoms with E-state index in [2.05, 4.69) is 4.72 Å². The minimum Gasteiger partial charge on any atom is -0.480 e. The lowest BCUT2D eigenvalue weighted by atomic mass is 10.1. The minimum atomic E-state index is -4.01. The van der Waals surface area contributed by atoms with Gasteiger partial charge in [-0.25, -0.2) is 17.5 Å². The molecule has 0 aromatic heterocycles. The van der Waals surface area contributed by atoms with Crippen LogP contribution in [0.4, 0.5) is 4.39 Å². The van der Waals surface area contributed by atoms with Crippen LogP contribution in [0.2, 0.25) is 5.02 Å². The number of rotatable bonds is 8. The molecule has 0 aliphatic heterocycles. The third-order valence-corrected chi connectivity index (χ3v) is 4.53. The normalized spacial score (nSPS) is 13.1. The number of benzene rings is 1. The van der Waals surface area contributed by atoms with Crippen LogP contribution in [-0.2, 0) is 20.6 Å². The fraction of sp³-hybridized carbons (Fsp3) is 0.462. The van der Waals surface area contributed by atoms with Gasteiger partial charge < -0.3 is 5.11 Å². The Morgan fingerprint density at radius 3 is 2.67 bits per heavy atom. The van der Waals surface area contributed by atoms with Gasteiger partial charge in [0.25, 0.3) is 0 Å². The van der Waals surface area contributed by atoms with E-state index in [4.69, 9.17) is 16.7 Å². The van der Waals surface area contributed by atoms with Crippen molar-refractivity contribution in [2.24, 2.45) is 0 Å². The molecule has 5 nitrogen and oxygen atoms in total. The summed E-state index contributed by atoms with van der Waals surface area (Å²) >= 11 is 5.77. The number of carboxylic acid groups (broad SMARTS) is 1. The molecule has 0 aliphatic carbocycles. The number of hydrogen-bond donors (Lipinski definition) is 2. The van der Waals surface area contributed by atoms with Crippen molar-refractivity contribution in [3.8, 4) is 0 Å². The molecule has 2 N–H and O–H groups in total. The first-order chi connectivity index (χ1) is 9.76. The van der Waals surface area contributed by atoms with Crippen LogP contribution in [0.25, 0.3) is 0 Å². The molecule has 8 heteroatoms. The summed E-state index contributed by atoms with van der Waals surface area (Å²) in [4.78, 5) is 11.0. The second-order valence-corrected chi connectivity index (χ2v) is 6.77. The fourth-order valence-corrected chi connectivity index (χ4v) is 3.48. The Bertz CT molecular complexity index is 586. The molecule has 1 aromatic carbocycles. The van der Waals surface area contributed by atoms with Crippen LogP contribution < -0.4 is 4.72 Å². The predicted octanol–water partition coefficient (Wildman–Crippen LogP) is 2.54. The lowest BCUT2D eigenvalue weighted by Gasteiger charge is -2.15. The van der Waals surface area contributed by atoms with E-state index < -0.39 is 33.6 Å². The highest BCUT2D eigenvalue weighted by molar-refractivity contribution is 7.88. The zero-order valence-corrected chi connectivity index (χ0v) is 13.0. The van der Waals surface area contributed by atoms with Gasteiger partial charge in [-0.1, -0.05) is 37.4 Å². The summed E-state index contributed by atoms with van der Waals surface area (Å²) in [5.41, 5.74) is -0.175. The topological polar surface area (TPSA) is 83.5 Å². The number of nitrogens with one attached hydrogen (secondary N) is 1. The third kappa shape index (κ3) is 5.61. The first-order valence-corrected chi connectivity index (χ1v) is 8.45. The van der Waals surface area contributed by atoms with Gasteiger partial charge in [-0.3, -0.25) is 4.79 Å². The number of carboxylic acids is 1. The quantitative estimate of drug-likeness (QED) is 0.763. The van der Waals surface area contributed by atoms with Crippen molar-refractivity contribution in [2.45, 2.75) is 38.0 Å². The highest BCUT2D eigenvalue weighted by Crippen LogP contribution is 2.21. The summed E-state index contributed by atoms with van der Waals surface area (Å²) in [5, 5.41) is 9.00. The number of halogens is 2. The van der Waals surface area contributed by atoms with Crippen molar-refractivity contribution in [3.63, 3.8) is 0 Å². The number of carbonyl (C=O) groups is 1. The van der Waals surface area contributed by atoms with Gasteiger partial charge in [-0.15, -0.1) is 0 Å². The number of sulfonamides is 1. The Kier molecular flexibility index (Phi) is 6.57. The van der Waals surface area contributed by atoms with E-state index in [0.29, 0.717) is 6.42 Å². The van der Waals surface area contributed by atoms with Gasteiger partial charge in [0, 0.05) is 10.6 Å². The maximum atomic E-state index is 13.6. The van der Waals surface area contributed by atoms with E-state index in [9.17, 15) is 17.6 Å². The van der Waals surface area contributed by atoms with Crippen molar-refractivity contribution < 1.29 is 22.7 Å². The zero-order chi connectivity index (χ0) is 16.0. The molecule has 0 fully saturated rings. The summed E-state index contributed by atoms with van der Waals surface area (Å²) < 4.78 is 39.6. The zero-order valence-electron chi connectivity index (χ0n) is 11.5. The lowest BCUT2D eigenvalue weighted by molar-refractivity contribution is -0.139. The molecule has 0 saturated carbocycles. The Morgan fingerprint density at radius 1 is 1.48 bits per heavy atom. The molecule has 1 aromatic rings. The minimum absolute atomic E-state index is 0.0131. The summed E-state index contributed by atoms with van der Waals surface area (Å²) in [6.45, 7) is 1.87. The van der Waals surface area contributed by atoms with Crippen molar-refractivity contribution in [2.75, 3.05) is 0 Å². The highest BCUT2D eigenvalue weighted by atomic mass is 35.5. The maximum Gasteiger partial charge on any atom is 0.321 e. The largest absolute Gasteiger partial charge is 0.480 e. The molecule has 0 spiro atoms. The second-order valence-electron chi connectivity index (χ2n) is 4.61. The van der Waals surface area contributed by atoms with E-state index >= 15 is 0 Å². The molecular weight excluding hydrogens is 321 g/mol. The summed E-state index contributed by atoms with van der Waals surface area (Å²) in [6.07, 6.45) is 1.49. The first-order valence-electron chi connectivity index (χ1n) is 6.42. The molecular formula is C13H17ClFNO4S. The van der Waals surface area contributed by atoms with Gasteiger partial charge in [0.2, 0.25) is 10.0 Å². The molecule has 1 atom stereocenters. The summed E-state index contributed by atoms with van der Waals surface area (Å²) in [6, 6.07) is 2.62. The van der Waals surface area contributed by atoms with Crippen molar-refractivity contribution in [1.29, 1.82) is 0 Å². The summed E-state index contributed by atoms with van der Waals surface area (Å²) in [7, 11) is -4.01. The molecule has 1 rings (SSSR count). The molecule has 0 unspecified atom stereocenters. The van der Waals surface area contributed by atoms with Gasteiger partial charge in [0.1, 0.15) is 11.9 Å². The van der Waals surface area contributed by atoms with Crippen LogP contribution in [0.3, 0.4) is 0 Å². The molecule has 0 radical (unpaired) electrons. The van der Waals surface area contributed by atoms with Crippen LogP contribution in [0.5, 0.6) is 0 Å². The molecule has 0 bridgehead atoms. The van der Waals surface area contributed by atoms with Crippen LogP contribution in [-0.4, -0.2) is 25.5 Å². The van der Waals surface area contributed by atoms with Crippen LogP contribution >= 0.6 is 11.6 Å². The third-order valence-electron chi connectivity index (χ3n) is 2.86. The highest BCUT2D eigenvalue weighted by Gasteiger charge is 2.25. The standard InChI is InChI=1S/C13H17ClFNO4S/c1-2-3-7-12(13(17)18)16-21(19,20)8-9-10(14)5-4-6-11(9)15/h4-6,12,16H,2-3,7-8H2,1H3,(H,17,18)/t12-/m0/s1. The Labute approximate surface area is 128 Å². The molecule has 118 valence electrons. The average Bonchev–Trinajstić information content (AvgIpc) is 2.39. The SMILES string of the molecule is CCCC[C@H](NS(=O)(=O)Cc1c(F)cccc1Cl)C(=O)O. The van der Waals surface area contributed by atoms with Crippen molar-refractivity contribution >= 4 is 27.6 Å². The van der Waals surface area contributed by atoms with E-state index in [1.165, 1.54) is 12.1 Å². The van der Waals surface area contributed by atoms with E-state index in [1.54, 1.807) is 0 Å². The summed E-state index contributed by atoms with van der Waals surface area (Å²) in [5.74, 6) is -2.70. The predicted molar refractivity (Wildman–Crippen MR) is 78.1 cm³/mol. The van der Waals surface area contributed by atoms with Gasteiger partial charge in [0.05, 0.1) is 5.75 Å². The van der Waals surface area contributed by atoms with Gasteiger partial charge in [-0.05, 0) is 18.6 Å². The average molecular weight is 338 g/mol. The number of hydrogen-bond acceptors (Lipinski definition) is 3. The Morgan fingerprint density at radius 2 is 2.14 bits per heavy atom. The molecule has 0 amide bonds. The lowest BCUT2D eigenvalue weighted by Crippen LogP contribution is -2.41. The van der Waals surface area contributed by atoms with E-state index in [1.807, 2.05) is 6.92 Å². The molecule has 21 heavy (non-hydrogen) atoms. The van der Waals surface area contributed by atoms with Crippen LogP contribution in [0, 0.1) is 5.82 Å². The molecule has 0 heterocycles. The number of aliphatic carboxylic acids is 1. The molecule has 0 aliphatic rings. The monoisotopic (exact) mass is 337 g/mol. The number of unbranched alkanes of at least 4 members (excludes halogenated alkanes) is 1. The van der Waals surface area contributed by atoms with Crippen LogP contribution in [0.15, 0.2) is 18.2 Å². The van der Waals surface area contributed by atoms with E-state index in [-0.39, 0.29) is 17.0 Å². The Balaban J connectivity index is 2.88.